The van der Waals surface area contributed by atoms with Crippen molar-refractivity contribution in [2.24, 2.45) is 5.41 Å². The Balaban J connectivity index is 2.23. The highest BCUT2D eigenvalue weighted by molar-refractivity contribution is 4.74. The molecule has 1 rings (SSSR count). The molecule has 0 unspecified atom stereocenters. The molecule has 0 radical (unpaired) electrons. The molecule has 14 heavy (non-hydrogen) atoms. The number of piperidine rings is 1. The number of hydrogen-bond acceptors (Lipinski definition) is 1. The summed E-state index contributed by atoms with van der Waals surface area (Å²) in [6.07, 6.45) is 8.36. The molecule has 1 fully saturated rings. The van der Waals surface area contributed by atoms with Crippen LogP contribution in [0.15, 0.2) is 0 Å². The predicted molar refractivity (Wildman–Crippen MR) is 63.6 cm³/mol. The number of nitrogens with zero attached hydrogens (tertiary/aromatic N) is 1. The van der Waals surface area contributed by atoms with Gasteiger partial charge in [-0.25, -0.2) is 0 Å². The van der Waals surface area contributed by atoms with E-state index in [1.165, 1.54) is 58.2 Å². The first-order valence-electron chi connectivity index (χ1n) is 6.42. The summed E-state index contributed by atoms with van der Waals surface area (Å²) in [5, 5.41) is 0. The highest BCUT2D eigenvalue weighted by atomic mass is 15.1. The van der Waals surface area contributed by atoms with Crippen molar-refractivity contribution < 1.29 is 0 Å². The van der Waals surface area contributed by atoms with Gasteiger partial charge in [-0.2, -0.15) is 0 Å². The summed E-state index contributed by atoms with van der Waals surface area (Å²) < 4.78 is 0. The summed E-state index contributed by atoms with van der Waals surface area (Å²) in [7, 11) is 0. The highest BCUT2D eigenvalue weighted by Gasteiger charge is 2.21. The lowest BCUT2D eigenvalue weighted by atomic mass is 9.81. The molecule has 0 aliphatic carbocycles. The molecule has 0 N–H and O–H groups in total. The fourth-order valence-corrected chi connectivity index (χ4v) is 2.21. The van der Waals surface area contributed by atoms with Crippen molar-refractivity contribution in [1.29, 1.82) is 0 Å². The van der Waals surface area contributed by atoms with E-state index in [2.05, 4.69) is 25.7 Å². The minimum absolute atomic E-state index is 0.595. The van der Waals surface area contributed by atoms with Gasteiger partial charge in [0.15, 0.2) is 0 Å². The second-order valence-corrected chi connectivity index (χ2v) is 5.17. The summed E-state index contributed by atoms with van der Waals surface area (Å²) in [5.74, 6) is 0. The molecule has 0 aromatic carbocycles. The van der Waals surface area contributed by atoms with Crippen molar-refractivity contribution in [3.05, 3.63) is 0 Å². The molecule has 0 spiro atoms. The molecule has 0 saturated carbocycles. The average Bonchev–Trinajstić information content (AvgIpc) is 2.27. The average molecular weight is 197 g/mol. The van der Waals surface area contributed by atoms with E-state index in [1.807, 2.05) is 0 Å². The van der Waals surface area contributed by atoms with Crippen LogP contribution in [0, 0.1) is 5.41 Å². The van der Waals surface area contributed by atoms with Gasteiger partial charge in [-0.3, -0.25) is 0 Å². The van der Waals surface area contributed by atoms with E-state index in [0.717, 1.165) is 0 Å². The molecule has 0 amide bonds. The Morgan fingerprint density at radius 2 is 1.57 bits per heavy atom. The SMILES string of the molecule is CCC(C)(CC)CCN1CCCCC1. The minimum atomic E-state index is 0.595. The Hall–Kier alpha value is -0.0400. The summed E-state index contributed by atoms with van der Waals surface area (Å²) in [5.41, 5.74) is 0.595. The number of hydrogen-bond donors (Lipinski definition) is 0. The molecule has 1 aliphatic heterocycles. The molecular weight excluding hydrogens is 170 g/mol. The second-order valence-electron chi connectivity index (χ2n) is 5.17. The molecule has 0 bridgehead atoms. The molecule has 1 heterocycles. The zero-order valence-electron chi connectivity index (χ0n) is 10.3. The van der Waals surface area contributed by atoms with Crippen LogP contribution in [0.4, 0.5) is 0 Å². The molecule has 1 saturated heterocycles. The third-order valence-electron chi connectivity index (χ3n) is 4.19. The normalized spacial score (nSPS) is 19.9. The Morgan fingerprint density at radius 1 is 1.00 bits per heavy atom. The Morgan fingerprint density at radius 3 is 2.07 bits per heavy atom. The van der Waals surface area contributed by atoms with E-state index in [9.17, 15) is 0 Å². The van der Waals surface area contributed by atoms with Gasteiger partial charge < -0.3 is 4.90 Å². The van der Waals surface area contributed by atoms with Gasteiger partial charge >= 0.3 is 0 Å². The molecule has 1 heteroatoms. The standard InChI is InChI=1S/C13H27N/c1-4-13(3,5-2)9-12-14-10-7-6-8-11-14/h4-12H2,1-3H3. The van der Waals surface area contributed by atoms with Gasteiger partial charge in [0.1, 0.15) is 0 Å². The van der Waals surface area contributed by atoms with Crippen molar-refractivity contribution in [3.63, 3.8) is 0 Å². The van der Waals surface area contributed by atoms with Crippen molar-refractivity contribution in [2.45, 2.75) is 59.3 Å². The van der Waals surface area contributed by atoms with E-state index < -0.39 is 0 Å². The van der Waals surface area contributed by atoms with E-state index >= 15 is 0 Å². The first-order chi connectivity index (χ1) is 6.70. The molecule has 0 aromatic rings. The smallest absolute Gasteiger partial charge is 0.00136 e. The third kappa shape index (κ3) is 3.61. The van der Waals surface area contributed by atoms with Gasteiger partial charge in [0.05, 0.1) is 0 Å². The maximum atomic E-state index is 2.66. The third-order valence-corrected chi connectivity index (χ3v) is 4.19. The van der Waals surface area contributed by atoms with Gasteiger partial charge in [0, 0.05) is 0 Å². The number of rotatable bonds is 5. The van der Waals surface area contributed by atoms with Crippen LogP contribution < -0.4 is 0 Å². The molecular formula is C13H27N. The lowest BCUT2D eigenvalue weighted by Crippen LogP contribution is -2.33. The van der Waals surface area contributed by atoms with E-state index in [4.69, 9.17) is 0 Å². The van der Waals surface area contributed by atoms with Gasteiger partial charge in [-0.15, -0.1) is 0 Å². The van der Waals surface area contributed by atoms with Crippen LogP contribution in [0.2, 0.25) is 0 Å². The minimum Gasteiger partial charge on any atom is -0.303 e. The predicted octanol–water partition coefficient (Wildman–Crippen LogP) is 3.69. The van der Waals surface area contributed by atoms with E-state index in [0.29, 0.717) is 5.41 Å². The van der Waals surface area contributed by atoms with Gasteiger partial charge in [0.2, 0.25) is 0 Å². The quantitative estimate of drug-likeness (QED) is 0.650. The molecule has 1 aliphatic rings. The fraction of sp³-hybridized carbons (Fsp3) is 1.00. The zero-order valence-corrected chi connectivity index (χ0v) is 10.3. The van der Waals surface area contributed by atoms with Crippen LogP contribution >= 0.6 is 0 Å². The monoisotopic (exact) mass is 197 g/mol. The second kappa shape index (κ2) is 5.75. The summed E-state index contributed by atoms with van der Waals surface area (Å²) in [6, 6.07) is 0. The summed E-state index contributed by atoms with van der Waals surface area (Å²) in [6.45, 7) is 11.1. The lowest BCUT2D eigenvalue weighted by Gasteiger charge is -2.32. The van der Waals surface area contributed by atoms with Crippen molar-refractivity contribution in [1.82, 2.24) is 4.90 Å². The molecule has 1 nitrogen and oxygen atoms in total. The van der Waals surface area contributed by atoms with Crippen LogP contribution in [0.3, 0.4) is 0 Å². The summed E-state index contributed by atoms with van der Waals surface area (Å²) in [4.78, 5) is 2.66. The van der Waals surface area contributed by atoms with Crippen LogP contribution in [0.1, 0.15) is 59.3 Å². The molecule has 0 atom stereocenters. The van der Waals surface area contributed by atoms with E-state index in [-0.39, 0.29) is 0 Å². The van der Waals surface area contributed by atoms with Crippen molar-refractivity contribution >= 4 is 0 Å². The van der Waals surface area contributed by atoms with Crippen molar-refractivity contribution in [3.8, 4) is 0 Å². The van der Waals surface area contributed by atoms with Gasteiger partial charge in [-0.1, -0.05) is 40.0 Å². The maximum absolute atomic E-state index is 2.66. The lowest BCUT2D eigenvalue weighted by molar-refractivity contribution is 0.174. The first-order valence-corrected chi connectivity index (χ1v) is 6.42. The summed E-state index contributed by atoms with van der Waals surface area (Å²) >= 11 is 0. The van der Waals surface area contributed by atoms with Crippen LogP contribution in [-0.2, 0) is 0 Å². The Labute approximate surface area is 89.9 Å². The van der Waals surface area contributed by atoms with Crippen LogP contribution in [0.25, 0.3) is 0 Å². The Kier molecular flexibility index (Phi) is 4.94. The number of likely N-dealkylation sites (tertiary alicyclic amines) is 1. The van der Waals surface area contributed by atoms with Gasteiger partial charge in [0.25, 0.3) is 0 Å². The Bertz CT molecular complexity index is 143. The topological polar surface area (TPSA) is 3.24 Å². The maximum Gasteiger partial charge on any atom is -0.00136 e. The van der Waals surface area contributed by atoms with Crippen LogP contribution in [-0.4, -0.2) is 24.5 Å². The zero-order chi connectivity index (χ0) is 10.4. The molecule has 0 aromatic heterocycles. The van der Waals surface area contributed by atoms with Crippen molar-refractivity contribution in [2.75, 3.05) is 19.6 Å². The van der Waals surface area contributed by atoms with E-state index in [1.54, 1.807) is 0 Å². The first kappa shape index (κ1) is 12.0. The van der Waals surface area contributed by atoms with Crippen LogP contribution in [0.5, 0.6) is 0 Å². The largest absolute Gasteiger partial charge is 0.303 e. The highest BCUT2D eigenvalue weighted by Crippen LogP contribution is 2.30. The van der Waals surface area contributed by atoms with Gasteiger partial charge in [-0.05, 0) is 44.3 Å². The molecule has 84 valence electrons. The fourth-order valence-electron chi connectivity index (χ4n) is 2.21.